The Kier molecular flexibility index (Phi) is 16.6. The first-order valence-corrected chi connectivity index (χ1v) is 11.9. The molecule has 0 saturated carbocycles. The zero-order chi connectivity index (χ0) is 24.5. The molecule has 9 heteroatoms. The molecule has 2 atom stereocenters. The molecular formula is C23H45N3O6. The minimum Gasteiger partial charge on any atom is -0.450 e. The molecule has 9 nitrogen and oxygen atoms in total. The second kappa shape index (κ2) is 17.7. The molecule has 0 saturated heterocycles. The third-order valence-electron chi connectivity index (χ3n) is 4.85. The molecule has 0 aliphatic rings. The molecule has 32 heavy (non-hydrogen) atoms. The van der Waals surface area contributed by atoms with Crippen molar-refractivity contribution in [2.75, 3.05) is 39.5 Å². The summed E-state index contributed by atoms with van der Waals surface area (Å²) in [7, 11) is 0. The Balaban J connectivity index is 5.28. The number of carbonyl (C=O) groups excluding carboxylic acids is 3. The minimum atomic E-state index is -0.655. The van der Waals surface area contributed by atoms with Gasteiger partial charge in [-0.1, -0.05) is 34.1 Å². The van der Waals surface area contributed by atoms with Gasteiger partial charge in [-0.05, 0) is 39.0 Å². The number of rotatable bonds is 17. The predicted molar refractivity (Wildman–Crippen MR) is 124 cm³/mol. The van der Waals surface area contributed by atoms with Gasteiger partial charge in [0.05, 0.1) is 13.2 Å². The highest BCUT2D eigenvalue weighted by Crippen LogP contribution is 2.13. The molecule has 2 N–H and O–H groups in total. The van der Waals surface area contributed by atoms with E-state index < -0.39 is 18.4 Å². The first-order valence-electron chi connectivity index (χ1n) is 11.9. The molecule has 0 radical (unpaired) electrons. The molecule has 0 aromatic carbocycles. The van der Waals surface area contributed by atoms with E-state index in [0.717, 1.165) is 6.42 Å². The number of hydrogen-bond donors (Lipinski definition) is 2. The second-order valence-corrected chi connectivity index (χ2v) is 8.24. The van der Waals surface area contributed by atoms with E-state index in [2.05, 4.69) is 24.5 Å². The Morgan fingerprint density at radius 2 is 1.53 bits per heavy atom. The molecule has 0 spiro atoms. The summed E-state index contributed by atoms with van der Waals surface area (Å²) in [5.74, 6) is 0.0690. The summed E-state index contributed by atoms with van der Waals surface area (Å²) < 4.78 is 16.1. The fraction of sp³-hybridized carbons (Fsp3) is 0.870. The van der Waals surface area contributed by atoms with Crippen LogP contribution >= 0.6 is 0 Å². The number of alkyl carbamates (subject to hydrolysis) is 1. The third kappa shape index (κ3) is 13.5. The van der Waals surface area contributed by atoms with Crippen molar-refractivity contribution in [2.24, 2.45) is 11.8 Å². The van der Waals surface area contributed by atoms with E-state index in [9.17, 15) is 14.4 Å². The maximum atomic E-state index is 13.5. The van der Waals surface area contributed by atoms with Gasteiger partial charge in [0.2, 0.25) is 11.8 Å². The first-order chi connectivity index (χ1) is 15.2. The number of amides is 3. The highest BCUT2D eigenvalue weighted by molar-refractivity contribution is 5.88. The minimum absolute atomic E-state index is 0.0621. The van der Waals surface area contributed by atoms with Crippen LogP contribution in [-0.2, 0) is 23.8 Å². The van der Waals surface area contributed by atoms with E-state index in [4.69, 9.17) is 14.2 Å². The Labute approximate surface area is 193 Å². The summed E-state index contributed by atoms with van der Waals surface area (Å²) in [5, 5.41) is 5.38. The van der Waals surface area contributed by atoms with Gasteiger partial charge < -0.3 is 29.7 Å². The molecule has 0 bridgehead atoms. The van der Waals surface area contributed by atoms with E-state index in [1.165, 1.54) is 0 Å². The van der Waals surface area contributed by atoms with Crippen LogP contribution in [-0.4, -0.2) is 74.6 Å². The molecule has 3 amide bonds. The maximum absolute atomic E-state index is 13.5. The van der Waals surface area contributed by atoms with Gasteiger partial charge in [0.1, 0.15) is 6.04 Å². The SMILES string of the molecule is CCOC(=O)NCCC(=O)NC(CC(C)C)C(=O)N(CC(C)CC)CC(OCC)OCC. The van der Waals surface area contributed by atoms with Crippen molar-refractivity contribution in [3.05, 3.63) is 0 Å². The molecule has 188 valence electrons. The standard InChI is InChI=1S/C23H45N3O6/c1-8-18(7)15-26(16-21(30-9-2)31-10-3)22(28)19(14-17(5)6)25-20(27)12-13-24-23(29)32-11-4/h17-19,21H,8-16H2,1-7H3,(H,24,29)(H,25,27). The molecule has 0 aromatic rings. The highest BCUT2D eigenvalue weighted by Gasteiger charge is 2.29. The van der Waals surface area contributed by atoms with E-state index in [-0.39, 0.29) is 37.3 Å². The van der Waals surface area contributed by atoms with E-state index in [1.807, 2.05) is 27.7 Å². The van der Waals surface area contributed by atoms with Crippen molar-refractivity contribution in [1.82, 2.24) is 15.5 Å². The third-order valence-corrected chi connectivity index (χ3v) is 4.85. The zero-order valence-electron chi connectivity index (χ0n) is 21.1. The Morgan fingerprint density at radius 1 is 0.906 bits per heavy atom. The lowest BCUT2D eigenvalue weighted by Crippen LogP contribution is -2.52. The number of carbonyl (C=O) groups is 3. The van der Waals surface area contributed by atoms with Gasteiger partial charge in [-0.2, -0.15) is 0 Å². The topological polar surface area (TPSA) is 106 Å². The smallest absolute Gasteiger partial charge is 0.407 e. The summed E-state index contributed by atoms with van der Waals surface area (Å²) in [4.78, 5) is 39.1. The van der Waals surface area contributed by atoms with E-state index in [1.54, 1.807) is 11.8 Å². The predicted octanol–water partition coefficient (Wildman–Crippen LogP) is 2.93. The first kappa shape index (κ1) is 30.1. The number of ether oxygens (including phenoxy) is 3. The Morgan fingerprint density at radius 3 is 2.03 bits per heavy atom. The average molecular weight is 460 g/mol. The van der Waals surface area contributed by atoms with Crippen LogP contribution in [0.4, 0.5) is 4.79 Å². The van der Waals surface area contributed by atoms with Crippen LogP contribution in [0.3, 0.4) is 0 Å². The van der Waals surface area contributed by atoms with E-state index >= 15 is 0 Å². The van der Waals surface area contributed by atoms with Crippen LogP contribution in [0.5, 0.6) is 0 Å². The van der Waals surface area contributed by atoms with Crippen molar-refractivity contribution < 1.29 is 28.6 Å². The van der Waals surface area contributed by atoms with Gasteiger partial charge in [-0.3, -0.25) is 9.59 Å². The normalized spacial score (nSPS) is 13.0. The lowest BCUT2D eigenvalue weighted by atomic mass is 10.0. The maximum Gasteiger partial charge on any atom is 0.407 e. The van der Waals surface area contributed by atoms with Gasteiger partial charge in [0.25, 0.3) is 0 Å². The molecule has 0 fully saturated rings. The number of nitrogens with one attached hydrogen (secondary N) is 2. The van der Waals surface area contributed by atoms with E-state index in [0.29, 0.717) is 38.6 Å². The molecule has 0 aliphatic heterocycles. The van der Waals surface area contributed by atoms with Crippen molar-refractivity contribution in [3.63, 3.8) is 0 Å². The average Bonchev–Trinajstić information content (AvgIpc) is 2.72. The summed E-state index contributed by atoms with van der Waals surface area (Å²) >= 11 is 0. The van der Waals surface area contributed by atoms with Crippen LogP contribution in [0.15, 0.2) is 0 Å². The molecule has 0 rings (SSSR count). The van der Waals surface area contributed by atoms with Gasteiger partial charge in [0.15, 0.2) is 6.29 Å². The summed E-state index contributed by atoms with van der Waals surface area (Å²) in [6, 6.07) is -0.655. The lowest BCUT2D eigenvalue weighted by Gasteiger charge is -2.33. The molecular weight excluding hydrogens is 414 g/mol. The van der Waals surface area contributed by atoms with Crippen LogP contribution in [0.2, 0.25) is 0 Å². The van der Waals surface area contributed by atoms with Gasteiger partial charge in [-0.25, -0.2) is 4.79 Å². The second-order valence-electron chi connectivity index (χ2n) is 8.24. The Hall–Kier alpha value is -1.87. The van der Waals surface area contributed by atoms with Gasteiger partial charge in [-0.15, -0.1) is 0 Å². The van der Waals surface area contributed by atoms with Crippen molar-refractivity contribution in [3.8, 4) is 0 Å². The fourth-order valence-corrected chi connectivity index (χ4v) is 3.11. The fourth-order valence-electron chi connectivity index (χ4n) is 3.11. The van der Waals surface area contributed by atoms with Crippen molar-refractivity contribution in [2.45, 2.75) is 80.1 Å². The quantitative estimate of drug-likeness (QED) is 0.324. The van der Waals surface area contributed by atoms with Crippen LogP contribution < -0.4 is 10.6 Å². The summed E-state index contributed by atoms with van der Waals surface area (Å²) in [5.41, 5.74) is 0. The molecule has 0 heterocycles. The Bertz CT molecular complexity index is 538. The zero-order valence-corrected chi connectivity index (χ0v) is 21.1. The monoisotopic (exact) mass is 459 g/mol. The molecule has 0 aromatic heterocycles. The van der Waals surface area contributed by atoms with Gasteiger partial charge >= 0.3 is 6.09 Å². The van der Waals surface area contributed by atoms with Crippen LogP contribution in [0.1, 0.15) is 67.7 Å². The van der Waals surface area contributed by atoms with Crippen molar-refractivity contribution in [1.29, 1.82) is 0 Å². The van der Waals surface area contributed by atoms with Crippen LogP contribution in [0, 0.1) is 11.8 Å². The summed E-state index contributed by atoms with van der Waals surface area (Å²) in [6.45, 7) is 15.9. The lowest BCUT2D eigenvalue weighted by molar-refractivity contribution is -0.161. The van der Waals surface area contributed by atoms with Crippen LogP contribution in [0.25, 0.3) is 0 Å². The number of nitrogens with zero attached hydrogens (tertiary/aromatic N) is 1. The number of hydrogen-bond acceptors (Lipinski definition) is 6. The highest BCUT2D eigenvalue weighted by atomic mass is 16.7. The van der Waals surface area contributed by atoms with Gasteiger partial charge in [0, 0.05) is 32.7 Å². The van der Waals surface area contributed by atoms with Crippen molar-refractivity contribution >= 4 is 17.9 Å². The summed E-state index contributed by atoms with van der Waals surface area (Å²) in [6.07, 6.45) is 0.432. The molecule has 0 aliphatic carbocycles. The largest absolute Gasteiger partial charge is 0.450 e. The molecule has 2 unspecified atom stereocenters.